The summed E-state index contributed by atoms with van der Waals surface area (Å²) >= 11 is 1.49. The first-order valence-electron chi connectivity index (χ1n) is 8.67. The summed E-state index contributed by atoms with van der Waals surface area (Å²) in [5.41, 5.74) is 1.83. The van der Waals surface area contributed by atoms with Crippen LogP contribution >= 0.6 is 11.8 Å². The molecule has 0 spiro atoms. The molecule has 0 radical (unpaired) electrons. The van der Waals surface area contributed by atoms with E-state index in [1.807, 2.05) is 0 Å². The van der Waals surface area contributed by atoms with Crippen LogP contribution in [0, 0.1) is 16.7 Å². The van der Waals surface area contributed by atoms with E-state index in [0.717, 1.165) is 49.8 Å². The number of nitrogens with zero attached hydrogens (tertiary/aromatic N) is 1. The van der Waals surface area contributed by atoms with Crippen LogP contribution in [0.5, 0.6) is 0 Å². The zero-order valence-electron chi connectivity index (χ0n) is 14.1. The second-order valence-corrected chi connectivity index (χ2v) is 9.23. The van der Waals surface area contributed by atoms with Crippen LogP contribution in [0.3, 0.4) is 0 Å². The fraction of sp³-hybridized carbons (Fsp3) is 0.722. The van der Waals surface area contributed by atoms with Crippen LogP contribution in [0.4, 0.5) is 0 Å². The number of carbonyl (C=O) groups is 1. The molecule has 0 aromatic carbocycles. The molecule has 2 bridgehead atoms. The molecule has 4 rings (SSSR count). The van der Waals surface area contributed by atoms with E-state index in [0.29, 0.717) is 10.9 Å². The molecule has 0 unspecified atom stereocenters. The van der Waals surface area contributed by atoms with Crippen LogP contribution in [0.25, 0.3) is 0 Å². The molecule has 0 aliphatic heterocycles. The van der Waals surface area contributed by atoms with Crippen molar-refractivity contribution in [3.05, 3.63) is 21.6 Å². The number of aromatic amines is 1. The number of carbonyl (C=O) groups excluding carboxylic acids is 1. The molecule has 5 heteroatoms. The molecule has 23 heavy (non-hydrogen) atoms. The van der Waals surface area contributed by atoms with E-state index in [1.54, 1.807) is 0 Å². The minimum atomic E-state index is -0.0824. The Morgan fingerprint density at radius 3 is 2.61 bits per heavy atom. The number of thioether (sulfide) groups is 1. The molecule has 1 heterocycles. The normalized spacial score (nSPS) is 34.7. The Balaban J connectivity index is 1.68. The zero-order chi connectivity index (χ0) is 16.4. The van der Waals surface area contributed by atoms with Gasteiger partial charge in [-0.3, -0.25) is 9.59 Å². The number of aryl methyl sites for hydroxylation is 1. The summed E-state index contributed by atoms with van der Waals surface area (Å²) in [6.07, 6.45) is 5.98. The first-order valence-corrected chi connectivity index (χ1v) is 9.55. The second kappa shape index (κ2) is 4.95. The number of nitrogens with one attached hydrogen (secondary N) is 1. The lowest BCUT2D eigenvalue weighted by molar-refractivity contribution is -0.122. The highest BCUT2D eigenvalue weighted by atomic mass is 32.2. The van der Waals surface area contributed by atoms with Crippen molar-refractivity contribution in [3.8, 4) is 0 Å². The molecule has 4 nitrogen and oxygen atoms in total. The van der Waals surface area contributed by atoms with Crippen molar-refractivity contribution in [1.82, 2.24) is 9.97 Å². The minimum Gasteiger partial charge on any atom is -0.301 e. The molecule has 1 aromatic rings. The van der Waals surface area contributed by atoms with E-state index in [1.165, 1.54) is 11.8 Å². The van der Waals surface area contributed by atoms with Crippen LogP contribution in [-0.2, 0) is 17.6 Å². The quantitative estimate of drug-likeness (QED) is 0.845. The first kappa shape index (κ1) is 15.4. The highest BCUT2D eigenvalue weighted by molar-refractivity contribution is 8.00. The summed E-state index contributed by atoms with van der Waals surface area (Å²) in [6.45, 7) is 6.70. The maximum absolute atomic E-state index is 12.8. The van der Waals surface area contributed by atoms with Crippen molar-refractivity contribution in [2.75, 3.05) is 0 Å². The third-order valence-corrected chi connectivity index (χ3v) is 8.28. The van der Waals surface area contributed by atoms with Crippen molar-refractivity contribution < 1.29 is 4.79 Å². The van der Waals surface area contributed by atoms with Gasteiger partial charge in [0.15, 0.2) is 5.16 Å². The number of ketones is 1. The van der Waals surface area contributed by atoms with E-state index >= 15 is 0 Å². The van der Waals surface area contributed by atoms with E-state index in [4.69, 9.17) is 0 Å². The molecule has 1 aromatic heterocycles. The molecular formula is C18H24N2O2S. The summed E-state index contributed by atoms with van der Waals surface area (Å²) in [5, 5.41) is 0.555. The molecule has 3 atom stereocenters. The smallest absolute Gasteiger partial charge is 0.254 e. The van der Waals surface area contributed by atoms with Gasteiger partial charge in [0, 0.05) is 11.5 Å². The Morgan fingerprint density at radius 2 is 1.91 bits per heavy atom. The summed E-state index contributed by atoms with van der Waals surface area (Å²) in [5.74, 6) is 0.517. The van der Waals surface area contributed by atoms with Gasteiger partial charge in [0.05, 0.1) is 10.9 Å². The summed E-state index contributed by atoms with van der Waals surface area (Å²) in [7, 11) is 0. The monoisotopic (exact) mass is 332 g/mol. The summed E-state index contributed by atoms with van der Waals surface area (Å²) < 4.78 is 0. The molecular weight excluding hydrogens is 308 g/mol. The number of fused-ring (bicyclic) bond motifs is 3. The van der Waals surface area contributed by atoms with Gasteiger partial charge in [-0.2, -0.15) is 0 Å². The Morgan fingerprint density at radius 1 is 1.17 bits per heavy atom. The average molecular weight is 332 g/mol. The number of H-pyrrole nitrogens is 1. The predicted molar refractivity (Wildman–Crippen MR) is 90.8 cm³/mol. The lowest BCUT2D eigenvalue weighted by atomic mass is 9.71. The molecule has 3 aliphatic carbocycles. The molecule has 2 saturated carbocycles. The van der Waals surface area contributed by atoms with Crippen LogP contribution in [-0.4, -0.2) is 21.0 Å². The topological polar surface area (TPSA) is 62.8 Å². The Kier molecular flexibility index (Phi) is 3.32. The Bertz CT molecular complexity index is 739. The third-order valence-electron chi connectivity index (χ3n) is 6.88. The van der Waals surface area contributed by atoms with Gasteiger partial charge >= 0.3 is 0 Å². The van der Waals surface area contributed by atoms with Crippen molar-refractivity contribution >= 4 is 17.5 Å². The minimum absolute atomic E-state index is 0.00258. The zero-order valence-corrected chi connectivity index (χ0v) is 14.9. The number of aromatic nitrogens is 2. The highest BCUT2D eigenvalue weighted by Gasteiger charge is 2.66. The van der Waals surface area contributed by atoms with Gasteiger partial charge in [-0.1, -0.05) is 32.5 Å². The number of hydrogen-bond donors (Lipinski definition) is 1. The van der Waals surface area contributed by atoms with Gasteiger partial charge in [0.2, 0.25) is 0 Å². The lowest BCUT2D eigenvalue weighted by Crippen LogP contribution is -2.36. The van der Waals surface area contributed by atoms with Crippen molar-refractivity contribution in [2.45, 2.75) is 69.7 Å². The molecule has 2 fully saturated rings. The lowest BCUT2D eigenvalue weighted by Gasteiger charge is -2.37. The van der Waals surface area contributed by atoms with E-state index in [-0.39, 0.29) is 27.6 Å². The van der Waals surface area contributed by atoms with Crippen molar-refractivity contribution in [3.63, 3.8) is 0 Å². The van der Waals surface area contributed by atoms with E-state index in [2.05, 4.69) is 30.7 Å². The fourth-order valence-electron chi connectivity index (χ4n) is 4.92. The molecule has 0 amide bonds. The van der Waals surface area contributed by atoms with Gasteiger partial charge in [-0.15, -0.1) is 0 Å². The fourth-order valence-corrected chi connectivity index (χ4v) is 6.42. The van der Waals surface area contributed by atoms with Crippen LogP contribution in [0.15, 0.2) is 9.95 Å². The summed E-state index contributed by atoms with van der Waals surface area (Å²) in [4.78, 5) is 32.8. The van der Waals surface area contributed by atoms with Gasteiger partial charge in [-0.05, 0) is 49.4 Å². The standard InChI is InChI=1S/C18H24N2O2S/c1-17(2)11-8-9-18(17,3)14(13(11)21)23-16-19-12-7-5-4-6-10(12)15(22)20-16/h11,14H,4-9H2,1-3H3,(H,19,20,22)/t11-,14-,18+/m1/s1. The molecule has 3 aliphatic rings. The van der Waals surface area contributed by atoms with Crippen molar-refractivity contribution in [1.29, 1.82) is 0 Å². The van der Waals surface area contributed by atoms with Crippen LogP contribution in [0.1, 0.15) is 57.7 Å². The van der Waals surface area contributed by atoms with Crippen LogP contribution < -0.4 is 5.56 Å². The van der Waals surface area contributed by atoms with Crippen LogP contribution in [0.2, 0.25) is 0 Å². The van der Waals surface area contributed by atoms with E-state index < -0.39 is 0 Å². The van der Waals surface area contributed by atoms with Gasteiger partial charge in [0.1, 0.15) is 5.78 Å². The number of hydrogen-bond acceptors (Lipinski definition) is 4. The number of rotatable bonds is 2. The summed E-state index contributed by atoms with van der Waals surface area (Å²) in [6, 6.07) is 0. The van der Waals surface area contributed by atoms with Gasteiger partial charge < -0.3 is 4.98 Å². The Hall–Kier alpha value is -1.10. The average Bonchev–Trinajstić information content (AvgIpc) is 2.81. The maximum Gasteiger partial charge on any atom is 0.254 e. The SMILES string of the molecule is CC1(C)[C@@H]2CC[C@@]1(C)[C@H](Sc1nc3c(c(=O)[nH]1)CCCC3)C2=O. The second-order valence-electron chi connectivity index (χ2n) is 8.13. The van der Waals surface area contributed by atoms with Crippen molar-refractivity contribution in [2.24, 2.45) is 16.7 Å². The predicted octanol–water partition coefficient (Wildman–Crippen LogP) is 3.13. The van der Waals surface area contributed by atoms with Gasteiger partial charge in [-0.25, -0.2) is 4.98 Å². The maximum atomic E-state index is 12.8. The molecule has 0 saturated heterocycles. The van der Waals surface area contributed by atoms with E-state index in [9.17, 15) is 9.59 Å². The third kappa shape index (κ3) is 2.01. The van der Waals surface area contributed by atoms with Gasteiger partial charge in [0.25, 0.3) is 5.56 Å². The highest BCUT2D eigenvalue weighted by Crippen LogP contribution is 2.67. The first-order chi connectivity index (χ1) is 10.8. The molecule has 1 N–H and O–H groups in total. The molecule has 124 valence electrons. The Labute approximate surface area is 140 Å². The largest absolute Gasteiger partial charge is 0.301 e. The number of Topliss-reactive ketones (excluding diaryl/α,β-unsaturated/α-hetero) is 1.